The van der Waals surface area contributed by atoms with E-state index in [1.807, 2.05) is 19.9 Å². The Morgan fingerprint density at radius 3 is 2.85 bits per heavy atom. The number of aliphatic hydroxyl groups is 1. The van der Waals surface area contributed by atoms with Crippen LogP contribution in [0.4, 0.5) is 0 Å². The first kappa shape index (κ1) is 15.1. The van der Waals surface area contributed by atoms with Gasteiger partial charge in [0.05, 0.1) is 18.8 Å². The molecule has 1 fully saturated rings. The van der Waals surface area contributed by atoms with Gasteiger partial charge in [0.2, 0.25) is 0 Å². The summed E-state index contributed by atoms with van der Waals surface area (Å²) in [6.07, 6.45) is 0. The zero-order valence-electron chi connectivity index (χ0n) is 12.6. The molecule has 1 saturated heterocycles. The largest absolute Gasteiger partial charge is 0.396 e. The van der Waals surface area contributed by atoms with Crippen molar-refractivity contribution in [3.63, 3.8) is 0 Å². The summed E-state index contributed by atoms with van der Waals surface area (Å²) >= 11 is 0. The molecule has 1 aliphatic heterocycles. The molecule has 5 nitrogen and oxygen atoms in total. The molecule has 0 radical (unpaired) electrons. The summed E-state index contributed by atoms with van der Waals surface area (Å²) in [4.78, 5) is 14.5. The average Bonchev–Trinajstić information content (AvgIpc) is 2.63. The Bertz CT molecular complexity index is 482. The highest BCUT2D eigenvalue weighted by Gasteiger charge is 2.25. The van der Waals surface area contributed by atoms with Gasteiger partial charge in [-0.15, -0.1) is 0 Å². The van der Waals surface area contributed by atoms with E-state index in [9.17, 15) is 9.90 Å². The normalized spacial score (nSPS) is 20.0. The van der Waals surface area contributed by atoms with Crippen molar-refractivity contribution in [2.24, 2.45) is 5.92 Å². The number of rotatable bonds is 3. The Kier molecular flexibility index (Phi) is 4.83. The van der Waals surface area contributed by atoms with Crippen LogP contribution in [0.2, 0.25) is 0 Å². The topological polar surface area (TPSA) is 54.7 Å². The first-order valence-corrected chi connectivity index (χ1v) is 7.23. The third-order valence-electron chi connectivity index (χ3n) is 4.00. The minimum absolute atomic E-state index is 0.0103. The second-order valence-corrected chi connectivity index (χ2v) is 5.40. The predicted octanol–water partition coefficient (Wildman–Crippen LogP) is 1.21. The van der Waals surface area contributed by atoms with Crippen molar-refractivity contribution in [3.05, 3.63) is 23.0 Å². The Morgan fingerprint density at radius 2 is 2.25 bits per heavy atom. The summed E-state index contributed by atoms with van der Waals surface area (Å²) in [5, 5.41) is 9.30. The number of aryl methyl sites for hydroxylation is 1. The molecular weight excluding hydrogens is 256 g/mol. The molecule has 1 aromatic rings. The number of hydrogen-bond acceptors (Lipinski definition) is 3. The van der Waals surface area contributed by atoms with E-state index < -0.39 is 0 Å². The van der Waals surface area contributed by atoms with Crippen LogP contribution in [0, 0.1) is 19.8 Å². The molecular formula is C15H24N2O3. The van der Waals surface area contributed by atoms with Gasteiger partial charge in [0, 0.05) is 43.5 Å². The van der Waals surface area contributed by atoms with Gasteiger partial charge in [-0.25, -0.2) is 0 Å². The number of ether oxygens (including phenoxy) is 1. The van der Waals surface area contributed by atoms with Gasteiger partial charge in [-0.2, -0.15) is 0 Å². The zero-order valence-corrected chi connectivity index (χ0v) is 12.6. The molecule has 0 spiro atoms. The lowest BCUT2D eigenvalue weighted by molar-refractivity contribution is 0.0727. The Hall–Kier alpha value is -1.33. The summed E-state index contributed by atoms with van der Waals surface area (Å²) < 4.78 is 7.58. The van der Waals surface area contributed by atoms with Crippen LogP contribution in [0.15, 0.2) is 6.07 Å². The maximum absolute atomic E-state index is 12.7. The van der Waals surface area contributed by atoms with Crippen LogP contribution in [0.1, 0.15) is 28.7 Å². The van der Waals surface area contributed by atoms with Gasteiger partial charge in [0.1, 0.15) is 0 Å². The molecule has 2 heterocycles. The Morgan fingerprint density at radius 1 is 1.50 bits per heavy atom. The summed E-state index contributed by atoms with van der Waals surface area (Å²) in [5.74, 6) is 0.0536. The van der Waals surface area contributed by atoms with Crippen LogP contribution in [0.25, 0.3) is 0 Å². The molecule has 1 N–H and O–H groups in total. The second-order valence-electron chi connectivity index (χ2n) is 5.40. The summed E-state index contributed by atoms with van der Waals surface area (Å²) in [6, 6.07) is 1.96. The number of carbonyl (C=O) groups is 1. The molecule has 2 rings (SSSR count). The van der Waals surface area contributed by atoms with Gasteiger partial charge in [0.25, 0.3) is 5.91 Å². The molecule has 1 aromatic heterocycles. The van der Waals surface area contributed by atoms with E-state index in [4.69, 9.17) is 4.74 Å². The van der Waals surface area contributed by atoms with Crippen LogP contribution in [0.3, 0.4) is 0 Å². The second kappa shape index (κ2) is 6.41. The zero-order chi connectivity index (χ0) is 14.7. The fourth-order valence-corrected chi connectivity index (χ4v) is 2.85. The van der Waals surface area contributed by atoms with E-state index in [0.717, 1.165) is 23.5 Å². The predicted molar refractivity (Wildman–Crippen MR) is 76.9 cm³/mol. The van der Waals surface area contributed by atoms with Crippen molar-refractivity contribution in [1.82, 2.24) is 9.47 Å². The van der Waals surface area contributed by atoms with Gasteiger partial charge in [0.15, 0.2) is 0 Å². The molecule has 0 unspecified atom stereocenters. The number of carbonyl (C=O) groups excluding carboxylic acids is 1. The third kappa shape index (κ3) is 2.88. The maximum atomic E-state index is 12.7. The van der Waals surface area contributed by atoms with E-state index in [2.05, 4.69) is 11.5 Å². The molecule has 112 valence electrons. The average molecular weight is 280 g/mol. The van der Waals surface area contributed by atoms with Gasteiger partial charge in [-0.3, -0.25) is 4.79 Å². The molecule has 0 aromatic carbocycles. The summed E-state index contributed by atoms with van der Waals surface area (Å²) in [7, 11) is 0. The van der Waals surface area contributed by atoms with Crippen molar-refractivity contribution < 1.29 is 14.6 Å². The van der Waals surface area contributed by atoms with Crippen molar-refractivity contribution >= 4 is 5.91 Å². The fourth-order valence-electron chi connectivity index (χ4n) is 2.85. The number of amides is 1. The number of hydrogen-bond donors (Lipinski definition) is 1. The lowest BCUT2D eigenvalue weighted by Gasteiger charge is -2.22. The Labute approximate surface area is 120 Å². The van der Waals surface area contributed by atoms with E-state index >= 15 is 0 Å². The third-order valence-corrected chi connectivity index (χ3v) is 4.00. The van der Waals surface area contributed by atoms with Crippen molar-refractivity contribution in [2.45, 2.75) is 27.3 Å². The van der Waals surface area contributed by atoms with Crippen molar-refractivity contribution in [2.75, 3.05) is 32.9 Å². The first-order valence-electron chi connectivity index (χ1n) is 7.23. The highest BCUT2D eigenvalue weighted by Crippen LogP contribution is 2.18. The van der Waals surface area contributed by atoms with Gasteiger partial charge in [-0.1, -0.05) is 0 Å². The highest BCUT2D eigenvalue weighted by molar-refractivity contribution is 5.95. The Balaban J connectivity index is 2.21. The van der Waals surface area contributed by atoms with Crippen LogP contribution < -0.4 is 0 Å². The van der Waals surface area contributed by atoms with E-state index in [0.29, 0.717) is 26.3 Å². The lowest BCUT2D eigenvalue weighted by atomic mass is 10.1. The smallest absolute Gasteiger partial charge is 0.255 e. The van der Waals surface area contributed by atoms with E-state index in [1.54, 1.807) is 4.90 Å². The van der Waals surface area contributed by atoms with Crippen LogP contribution >= 0.6 is 0 Å². The number of nitrogens with zero attached hydrogens (tertiary/aromatic N) is 2. The number of aliphatic hydroxyl groups excluding tert-OH is 1. The molecule has 0 bridgehead atoms. The van der Waals surface area contributed by atoms with E-state index in [1.165, 1.54) is 0 Å². The minimum atomic E-state index is 0.0103. The number of aromatic nitrogens is 1. The first-order chi connectivity index (χ1) is 9.58. The van der Waals surface area contributed by atoms with E-state index in [-0.39, 0.29) is 18.4 Å². The maximum Gasteiger partial charge on any atom is 0.255 e. The quantitative estimate of drug-likeness (QED) is 0.905. The van der Waals surface area contributed by atoms with Crippen molar-refractivity contribution in [1.29, 1.82) is 0 Å². The molecule has 5 heteroatoms. The van der Waals surface area contributed by atoms with Crippen LogP contribution in [-0.4, -0.2) is 53.4 Å². The van der Waals surface area contributed by atoms with Crippen molar-refractivity contribution in [3.8, 4) is 0 Å². The molecule has 0 saturated carbocycles. The molecule has 20 heavy (non-hydrogen) atoms. The highest BCUT2D eigenvalue weighted by atomic mass is 16.5. The summed E-state index contributed by atoms with van der Waals surface area (Å²) in [5.41, 5.74) is 2.89. The van der Waals surface area contributed by atoms with Crippen LogP contribution in [-0.2, 0) is 11.3 Å². The van der Waals surface area contributed by atoms with Gasteiger partial charge in [-0.05, 0) is 26.8 Å². The molecule has 1 amide bonds. The molecule has 0 aliphatic carbocycles. The monoisotopic (exact) mass is 280 g/mol. The molecule has 1 atom stereocenters. The minimum Gasteiger partial charge on any atom is -0.396 e. The fraction of sp³-hybridized carbons (Fsp3) is 0.667. The molecule has 1 aliphatic rings. The van der Waals surface area contributed by atoms with Crippen LogP contribution in [0.5, 0.6) is 0 Å². The van der Waals surface area contributed by atoms with Gasteiger partial charge >= 0.3 is 0 Å². The van der Waals surface area contributed by atoms with Gasteiger partial charge < -0.3 is 19.3 Å². The SMILES string of the molecule is CCn1c(C)cc(C(=O)N2CCOC[C@H](CO)C2)c1C. The summed E-state index contributed by atoms with van der Waals surface area (Å²) in [6.45, 7) is 9.22. The lowest BCUT2D eigenvalue weighted by Crippen LogP contribution is -2.37. The standard InChI is InChI=1S/C15H24N2O3/c1-4-17-11(2)7-14(12(17)3)15(19)16-5-6-20-10-13(8-16)9-18/h7,13,18H,4-6,8-10H2,1-3H3/t13-/m0/s1.